The molecule has 0 heterocycles. The molecule has 0 atom stereocenters. The molecule has 0 radical (unpaired) electrons. The number of thioether (sulfide) groups is 1. The molecule has 3 heteroatoms. The van der Waals surface area contributed by atoms with Gasteiger partial charge in [0.25, 0.3) is 0 Å². The summed E-state index contributed by atoms with van der Waals surface area (Å²) in [7, 11) is 0. The predicted octanol–water partition coefficient (Wildman–Crippen LogP) is 3.83. The SMILES string of the molecule is Nc1cccc(SCCCOc2ccccc2)c1. The fraction of sp³-hybridized carbons (Fsp3) is 0.200. The second-order valence-corrected chi connectivity index (χ2v) is 5.10. The minimum Gasteiger partial charge on any atom is -0.494 e. The number of hydrogen-bond acceptors (Lipinski definition) is 3. The molecule has 2 aromatic carbocycles. The Morgan fingerprint density at radius 3 is 2.61 bits per heavy atom. The van der Waals surface area contributed by atoms with Crippen molar-refractivity contribution in [3.8, 4) is 5.75 Å². The van der Waals surface area contributed by atoms with Gasteiger partial charge in [-0.05, 0) is 36.8 Å². The molecule has 0 unspecified atom stereocenters. The van der Waals surface area contributed by atoms with Crippen LogP contribution in [0.2, 0.25) is 0 Å². The van der Waals surface area contributed by atoms with Gasteiger partial charge in [-0.1, -0.05) is 24.3 Å². The highest BCUT2D eigenvalue weighted by Crippen LogP contribution is 2.20. The lowest BCUT2D eigenvalue weighted by Crippen LogP contribution is -1.98. The van der Waals surface area contributed by atoms with E-state index in [0.29, 0.717) is 0 Å². The average Bonchev–Trinajstić information content (AvgIpc) is 2.40. The number of anilines is 1. The van der Waals surface area contributed by atoms with Gasteiger partial charge in [0.05, 0.1) is 6.61 Å². The van der Waals surface area contributed by atoms with Crippen LogP contribution in [0.5, 0.6) is 5.75 Å². The number of benzene rings is 2. The van der Waals surface area contributed by atoms with Crippen molar-refractivity contribution in [3.63, 3.8) is 0 Å². The zero-order chi connectivity index (χ0) is 12.6. The monoisotopic (exact) mass is 259 g/mol. The number of para-hydroxylation sites is 1. The van der Waals surface area contributed by atoms with Crippen molar-refractivity contribution in [2.24, 2.45) is 0 Å². The van der Waals surface area contributed by atoms with Crippen LogP contribution in [0.4, 0.5) is 5.69 Å². The van der Waals surface area contributed by atoms with Crippen LogP contribution in [-0.4, -0.2) is 12.4 Å². The Bertz CT molecular complexity index is 473. The first kappa shape index (κ1) is 12.8. The van der Waals surface area contributed by atoms with Crippen LogP contribution in [0.1, 0.15) is 6.42 Å². The summed E-state index contributed by atoms with van der Waals surface area (Å²) in [4.78, 5) is 1.22. The molecular weight excluding hydrogens is 242 g/mol. The Morgan fingerprint density at radius 2 is 1.83 bits per heavy atom. The molecule has 0 saturated heterocycles. The van der Waals surface area contributed by atoms with E-state index in [1.165, 1.54) is 4.90 Å². The smallest absolute Gasteiger partial charge is 0.119 e. The van der Waals surface area contributed by atoms with Crippen molar-refractivity contribution >= 4 is 17.4 Å². The highest BCUT2D eigenvalue weighted by atomic mass is 32.2. The maximum atomic E-state index is 5.73. The third-order valence-electron chi connectivity index (χ3n) is 2.43. The van der Waals surface area contributed by atoms with E-state index in [4.69, 9.17) is 10.5 Å². The van der Waals surface area contributed by atoms with E-state index < -0.39 is 0 Å². The van der Waals surface area contributed by atoms with Gasteiger partial charge in [-0.25, -0.2) is 0 Å². The third kappa shape index (κ3) is 4.34. The van der Waals surface area contributed by atoms with Crippen LogP contribution in [0.3, 0.4) is 0 Å². The van der Waals surface area contributed by atoms with Crippen molar-refractivity contribution < 1.29 is 4.74 Å². The maximum Gasteiger partial charge on any atom is 0.119 e. The highest BCUT2D eigenvalue weighted by molar-refractivity contribution is 7.99. The molecule has 0 aliphatic rings. The van der Waals surface area contributed by atoms with E-state index in [2.05, 4.69) is 6.07 Å². The van der Waals surface area contributed by atoms with Crippen LogP contribution in [0.15, 0.2) is 59.5 Å². The van der Waals surface area contributed by atoms with Gasteiger partial charge in [-0.2, -0.15) is 0 Å². The summed E-state index contributed by atoms with van der Waals surface area (Å²) in [6.07, 6.45) is 1.02. The number of nitrogens with two attached hydrogens (primary N) is 1. The fourth-order valence-electron chi connectivity index (χ4n) is 1.56. The van der Waals surface area contributed by atoms with Crippen LogP contribution in [0, 0.1) is 0 Å². The topological polar surface area (TPSA) is 35.2 Å². The predicted molar refractivity (Wildman–Crippen MR) is 78.1 cm³/mol. The quantitative estimate of drug-likeness (QED) is 0.486. The zero-order valence-corrected chi connectivity index (χ0v) is 11.0. The van der Waals surface area contributed by atoms with Crippen LogP contribution in [0.25, 0.3) is 0 Å². The highest BCUT2D eigenvalue weighted by Gasteiger charge is 1.96. The van der Waals surface area contributed by atoms with Crippen LogP contribution in [-0.2, 0) is 0 Å². The minimum atomic E-state index is 0.749. The second-order valence-electron chi connectivity index (χ2n) is 3.94. The normalized spacial score (nSPS) is 10.2. The Hall–Kier alpha value is -1.61. The molecule has 0 spiro atoms. The summed E-state index contributed by atoms with van der Waals surface area (Å²) in [6, 6.07) is 17.9. The van der Waals surface area contributed by atoms with Crippen molar-refractivity contribution in [2.75, 3.05) is 18.1 Å². The molecule has 0 bridgehead atoms. The van der Waals surface area contributed by atoms with Crippen molar-refractivity contribution in [1.29, 1.82) is 0 Å². The van der Waals surface area contributed by atoms with Crippen molar-refractivity contribution in [1.82, 2.24) is 0 Å². The largest absolute Gasteiger partial charge is 0.494 e. The van der Waals surface area contributed by atoms with Crippen molar-refractivity contribution in [2.45, 2.75) is 11.3 Å². The Balaban J connectivity index is 1.65. The van der Waals surface area contributed by atoms with Gasteiger partial charge < -0.3 is 10.5 Å². The summed E-state index contributed by atoms with van der Waals surface area (Å²) in [5.41, 5.74) is 6.55. The molecule has 2 rings (SSSR count). The molecule has 0 aliphatic carbocycles. The molecule has 0 aromatic heterocycles. The molecule has 0 amide bonds. The van der Waals surface area contributed by atoms with Crippen LogP contribution >= 0.6 is 11.8 Å². The van der Waals surface area contributed by atoms with E-state index in [1.807, 2.05) is 60.3 Å². The summed E-state index contributed by atoms with van der Waals surface area (Å²) < 4.78 is 5.63. The third-order valence-corrected chi connectivity index (χ3v) is 3.51. The zero-order valence-electron chi connectivity index (χ0n) is 10.2. The Kier molecular flexibility index (Phi) is 4.97. The molecule has 2 aromatic rings. The lowest BCUT2D eigenvalue weighted by Gasteiger charge is -2.06. The summed E-state index contributed by atoms with van der Waals surface area (Å²) in [5.74, 6) is 1.97. The first-order valence-corrected chi connectivity index (χ1v) is 6.99. The summed E-state index contributed by atoms with van der Waals surface area (Å²) >= 11 is 1.81. The van der Waals surface area contributed by atoms with Gasteiger partial charge in [0.1, 0.15) is 5.75 Å². The number of hydrogen-bond donors (Lipinski definition) is 1. The molecule has 0 aliphatic heterocycles. The van der Waals surface area contributed by atoms with E-state index in [-0.39, 0.29) is 0 Å². The Labute approximate surface area is 112 Å². The van der Waals surface area contributed by atoms with E-state index in [0.717, 1.165) is 30.2 Å². The number of nitrogen functional groups attached to an aromatic ring is 1. The average molecular weight is 259 g/mol. The molecule has 18 heavy (non-hydrogen) atoms. The van der Waals surface area contributed by atoms with Gasteiger partial charge in [-0.15, -0.1) is 11.8 Å². The first-order chi connectivity index (χ1) is 8.84. The van der Waals surface area contributed by atoms with Crippen LogP contribution < -0.4 is 10.5 Å². The van der Waals surface area contributed by atoms with Gasteiger partial charge in [-0.3, -0.25) is 0 Å². The molecule has 2 N–H and O–H groups in total. The van der Waals surface area contributed by atoms with E-state index in [1.54, 1.807) is 0 Å². The second kappa shape index (κ2) is 6.97. The molecule has 94 valence electrons. The van der Waals surface area contributed by atoms with Gasteiger partial charge in [0.15, 0.2) is 0 Å². The number of ether oxygens (including phenoxy) is 1. The molecule has 0 saturated carbocycles. The van der Waals surface area contributed by atoms with Gasteiger partial charge in [0.2, 0.25) is 0 Å². The van der Waals surface area contributed by atoms with E-state index >= 15 is 0 Å². The van der Waals surface area contributed by atoms with Gasteiger partial charge >= 0.3 is 0 Å². The molecule has 0 fully saturated rings. The van der Waals surface area contributed by atoms with Crippen molar-refractivity contribution in [3.05, 3.63) is 54.6 Å². The maximum absolute atomic E-state index is 5.73. The lowest BCUT2D eigenvalue weighted by molar-refractivity contribution is 0.319. The molecule has 2 nitrogen and oxygen atoms in total. The lowest BCUT2D eigenvalue weighted by atomic mass is 10.3. The standard InChI is InChI=1S/C15H17NOS/c16-13-6-4-9-15(12-13)18-11-5-10-17-14-7-2-1-3-8-14/h1-4,6-9,12H,5,10-11,16H2. The van der Waals surface area contributed by atoms with E-state index in [9.17, 15) is 0 Å². The minimum absolute atomic E-state index is 0.749. The molecular formula is C15H17NOS. The van der Waals surface area contributed by atoms with Gasteiger partial charge in [0, 0.05) is 16.3 Å². The number of rotatable bonds is 6. The summed E-state index contributed by atoms with van der Waals surface area (Å²) in [6.45, 7) is 0.749. The fourth-order valence-corrected chi connectivity index (χ4v) is 2.45. The first-order valence-electron chi connectivity index (χ1n) is 6.01. The summed E-state index contributed by atoms with van der Waals surface area (Å²) in [5, 5.41) is 0. The Morgan fingerprint density at radius 1 is 1.00 bits per heavy atom.